The molecule has 1 fully saturated rings. The minimum Gasteiger partial charge on any atom is -0.457 e. The Labute approximate surface area is 362 Å². The van der Waals surface area contributed by atoms with Gasteiger partial charge in [-0.15, -0.1) is 0 Å². The highest BCUT2D eigenvalue weighted by Crippen LogP contribution is 2.59. The first-order valence-electron chi connectivity index (χ1n) is 22.2. The number of benzene rings is 5. The van der Waals surface area contributed by atoms with E-state index in [9.17, 15) is 0 Å². The molecule has 0 amide bonds. The molecule has 7 aromatic rings. The Kier molecular flexibility index (Phi) is 9.03. The summed E-state index contributed by atoms with van der Waals surface area (Å²) < 4.78 is 8.94. The van der Waals surface area contributed by atoms with Gasteiger partial charge in [0.1, 0.15) is 11.5 Å². The van der Waals surface area contributed by atoms with Gasteiger partial charge in [0, 0.05) is 30.1 Å². The van der Waals surface area contributed by atoms with Gasteiger partial charge in [0.25, 0.3) is 0 Å². The molecule has 0 saturated heterocycles. The quantitative estimate of drug-likeness (QED) is 0.168. The lowest BCUT2D eigenvalue weighted by Crippen LogP contribution is -2.39. The Balaban J connectivity index is 1.18. The number of hydrogen-bond acceptors (Lipinski definition) is 4. The van der Waals surface area contributed by atoms with E-state index < -0.39 is 5.41 Å². The fourth-order valence-electron chi connectivity index (χ4n) is 10.3. The monoisotopic (exact) mass is 802 g/mol. The van der Waals surface area contributed by atoms with Crippen LogP contribution in [0.4, 0.5) is 17.1 Å². The van der Waals surface area contributed by atoms with Crippen molar-refractivity contribution in [3.8, 4) is 17.2 Å². The number of aromatic nitrogens is 3. The van der Waals surface area contributed by atoms with Gasteiger partial charge in [0.05, 0.1) is 33.9 Å². The summed E-state index contributed by atoms with van der Waals surface area (Å²) in [4.78, 5) is 7.77. The van der Waals surface area contributed by atoms with Gasteiger partial charge in [-0.2, -0.15) is 5.10 Å². The van der Waals surface area contributed by atoms with E-state index in [1.54, 1.807) is 0 Å². The highest BCUT2D eigenvalue weighted by Gasteiger charge is 2.49. The molecule has 0 radical (unpaired) electrons. The average Bonchev–Trinajstić information content (AvgIpc) is 3.98. The molecule has 1 aliphatic heterocycles. The lowest BCUT2D eigenvalue weighted by Gasteiger charge is -2.47. The van der Waals surface area contributed by atoms with Crippen LogP contribution in [0.3, 0.4) is 0 Å². The van der Waals surface area contributed by atoms with Crippen LogP contribution in [0.1, 0.15) is 144 Å². The third-order valence-corrected chi connectivity index (χ3v) is 13.7. The van der Waals surface area contributed by atoms with Crippen LogP contribution >= 0.6 is 0 Å². The van der Waals surface area contributed by atoms with Gasteiger partial charge in [-0.1, -0.05) is 123 Å². The second kappa shape index (κ2) is 14.1. The molecule has 2 aromatic heterocycles. The van der Waals surface area contributed by atoms with Crippen molar-refractivity contribution >= 4 is 17.1 Å². The van der Waals surface area contributed by atoms with Crippen LogP contribution in [0, 0.1) is 0 Å². The number of ether oxygens (including phenoxy) is 1. The Hall–Kier alpha value is -5.94. The molecule has 2 atom stereocenters. The summed E-state index contributed by atoms with van der Waals surface area (Å²) in [6.45, 7) is 20.7. The molecule has 1 saturated carbocycles. The van der Waals surface area contributed by atoms with Gasteiger partial charge < -0.3 is 9.64 Å². The van der Waals surface area contributed by atoms with Crippen LogP contribution < -0.4 is 9.64 Å². The number of nitrogens with zero attached hydrogens (tertiary/aromatic N) is 4. The van der Waals surface area contributed by atoms with Gasteiger partial charge >= 0.3 is 0 Å². The van der Waals surface area contributed by atoms with Crippen LogP contribution in [0.25, 0.3) is 5.69 Å². The Morgan fingerprint density at radius 1 is 0.574 bits per heavy atom. The second-order valence-corrected chi connectivity index (χ2v) is 20.8. The maximum atomic E-state index is 6.87. The topological polar surface area (TPSA) is 43.2 Å². The summed E-state index contributed by atoms with van der Waals surface area (Å²) in [6, 6.07) is 46.9. The minimum atomic E-state index is -0.799. The highest BCUT2D eigenvalue weighted by atomic mass is 16.5. The molecule has 3 aliphatic rings. The van der Waals surface area contributed by atoms with Gasteiger partial charge in [0.15, 0.2) is 0 Å². The molecule has 0 spiro atoms. The molecule has 10 rings (SSSR count). The van der Waals surface area contributed by atoms with Crippen molar-refractivity contribution in [1.29, 1.82) is 0 Å². The Morgan fingerprint density at radius 2 is 1.18 bits per heavy atom. The molecule has 61 heavy (non-hydrogen) atoms. The first kappa shape index (κ1) is 39.2. The summed E-state index contributed by atoms with van der Waals surface area (Å²) in [7, 11) is 0. The first-order valence-corrected chi connectivity index (χ1v) is 22.2. The smallest absolute Gasteiger partial charge is 0.129 e. The SMILES string of the molecule is CC(C)(C)c1ccc(N2c3ccc(C(C)(C)C)cc3C(c3cccc(Oc4cccc(-n5cc6c(n5)[C@@H]5CC[C@H]6C5)c4)c3)(c3ccccn3)c3cc(C(C)(C)C)ccc32)cc1. The van der Waals surface area contributed by atoms with Crippen LogP contribution in [-0.2, 0) is 21.7 Å². The number of pyridine rings is 1. The predicted molar refractivity (Wildman–Crippen MR) is 250 cm³/mol. The number of anilines is 3. The lowest BCUT2D eigenvalue weighted by atomic mass is 9.62. The Morgan fingerprint density at radius 3 is 1.79 bits per heavy atom. The normalized spacial score (nSPS) is 17.8. The van der Waals surface area contributed by atoms with Crippen molar-refractivity contribution in [2.75, 3.05) is 4.90 Å². The van der Waals surface area contributed by atoms with Gasteiger partial charge in [-0.05, 0) is 141 Å². The summed E-state index contributed by atoms with van der Waals surface area (Å²) >= 11 is 0. The standard InChI is InChI=1S/C56H58N4O/c1-53(2,3)38-21-25-42(26-22-38)60-49-27-23-39(54(4,5)6)32-47(49)56(51-18-10-11-29-57-51,48-33-40(55(7,8)9)24-28-50(48)60)41-14-12-16-44(31-41)61-45-17-13-15-43(34-45)59-35-46-36-19-20-37(30-36)52(46)58-59/h10-18,21-29,31-37H,19-20,30H2,1-9H3/t36-,37+/m0/s1. The number of hydrogen-bond donors (Lipinski definition) is 0. The van der Waals surface area contributed by atoms with Crippen LogP contribution in [0.15, 0.2) is 140 Å². The molecule has 5 aromatic carbocycles. The van der Waals surface area contributed by atoms with E-state index in [-0.39, 0.29) is 16.2 Å². The molecule has 0 N–H and O–H groups in total. The third-order valence-electron chi connectivity index (χ3n) is 13.7. The lowest BCUT2D eigenvalue weighted by molar-refractivity contribution is 0.480. The van der Waals surface area contributed by atoms with E-state index in [1.165, 1.54) is 58.3 Å². The van der Waals surface area contributed by atoms with Crippen molar-refractivity contribution in [2.45, 2.75) is 115 Å². The van der Waals surface area contributed by atoms with Gasteiger partial charge in [-0.25, -0.2) is 4.68 Å². The average molecular weight is 803 g/mol. The summed E-state index contributed by atoms with van der Waals surface area (Å²) in [5, 5.41) is 5.09. The van der Waals surface area contributed by atoms with Crippen molar-refractivity contribution in [3.63, 3.8) is 0 Å². The first-order chi connectivity index (χ1) is 29.1. The van der Waals surface area contributed by atoms with E-state index >= 15 is 0 Å². The number of fused-ring (bicyclic) bond motifs is 7. The number of rotatable bonds is 6. The van der Waals surface area contributed by atoms with Crippen molar-refractivity contribution in [3.05, 3.63) is 190 Å². The third kappa shape index (κ3) is 6.59. The van der Waals surface area contributed by atoms with Crippen LogP contribution in [-0.4, -0.2) is 14.8 Å². The highest BCUT2D eigenvalue weighted by molar-refractivity contribution is 5.90. The zero-order valence-corrected chi connectivity index (χ0v) is 37.3. The minimum absolute atomic E-state index is 0.0426. The molecule has 2 aliphatic carbocycles. The molecule has 2 bridgehead atoms. The fraction of sp³-hybridized carbons (Fsp3) is 0.321. The molecule has 3 heterocycles. The summed E-state index contributed by atoms with van der Waals surface area (Å²) in [6.07, 6.45) is 8.02. The van der Waals surface area contributed by atoms with E-state index in [0.717, 1.165) is 45.5 Å². The summed E-state index contributed by atoms with van der Waals surface area (Å²) in [5.41, 5.74) is 14.5. The van der Waals surface area contributed by atoms with E-state index in [4.69, 9.17) is 14.8 Å². The second-order valence-electron chi connectivity index (χ2n) is 20.8. The fourth-order valence-corrected chi connectivity index (χ4v) is 10.3. The van der Waals surface area contributed by atoms with E-state index in [0.29, 0.717) is 11.8 Å². The zero-order chi connectivity index (χ0) is 42.5. The van der Waals surface area contributed by atoms with Crippen LogP contribution in [0.2, 0.25) is 0 Å². The van der Waals surface area contributed by atoms with Crippen molar-refractivity contribution in [2.24, 2.45) is 0 Å². The Bertz CT molecular complexity index is 2680. The maximum absolute atomic E-state index is 6.87. The van der Waals surface area contributed by atoms with E-state index in [1.807, 2.05) is 18.3 Å². The predicted octanol–water partition coefficient (Wildman–Crippen LogP) is 14.5. The van der Waals surface area contributed by atoms with Gasteiger partial charge in [0.2, 0.25) is 0 Å². The molecular weight excluding hydrogens is 745 g/mol. The summed E-state index contributed by atoms with van der Waals surface area (Å²) in [5.74, 6) is 2.83. The molecule has 308 valence electrons. The molecule has 5 nitrogen and oxygen atoms in total. The van der Waals surface area contributed by atoms with Crippen molar-refractivity contribution in [1.82, 2.24) is 14.8 Å². The molecular formula is C56H58N4O. The van der Waals surface area contributed by atoms with Crippen molar-refractivity contribution < 1.29 is 4.74 Å². The zero-order valence-electron chi connectivity index (χ0n) is 37.3. The van der Waals surface area contributed by atoms with Crippen LogP contribution in [0.5, 0.6) is 11.5 Å². The molecule has 0 unspecified atom stereocenters. The van der Waals surface area contributed by atoms with E-state index in [2.05, 4.69) is 193 Å². The largest absolute Gasteiger partial charge is 0.457 e. The van der Waals surface area contributed by atoms with Gasteiger partial charge in [-0.3, -0.25) is 4.98 Å². The maximum Gasteiger partial charge on any atom is 0.129 e. The molecule has 5 heteroatoms.